The monoisotopic (exact) mass is 141 g/mol. The predicted octanol–water partition coefficient (Wildman–Crippen LogP) is 2.34. The van der Waals surface area contributed by atoms with Crippen LogP contribution in [0.5, 0.6) is 0 Å². The molecule has 0 aliphatic rings. The molecule has 51 valence electrons. The molecular formula is C7H13OSi. The summed E-state index contributed by atoms with van der Waals surface area (Å²) in [5, 5.41) is 0. The van der Waals surface area contributed by atoms with E-state index in [9.17, 15) is 0 Å². The number of hydrogen-bond acceptors (Lipinski definition) is 1. The van der Waals surface area contributed by atoms with Gasteiger partial charge in [0.05, 0.1) is 0 Å². The highest BCUT2D eigenvalue weighted by Gasteiger charge is 2.15. The Hall–Kier alpha value is -0.503. The molecule has 1 radical (unpaired) electrons. The van der Waals surface area contributed by atoms with Crippen LogP contribution in [-0.4, -0.2) is 8.32 Å². The Labute approximate surface area is 58.2 Å². The van der Waals surface area contributed by atoms with Crippen LogP contribution in [0.1, 0.15) is 0 Å². The number of allylic oxidation sites excluding steroid dienone is 1. The fraction of sp³-hybridized carbons (Fsp3) is 0.429. The molecule has 0 aliphatic carbocycles. The van der Waals surface area contributed by atoms with Gasteiger partial charge in [0.1, 0.15) is 5.76 Å². The van der Waals surface area contributed by atoms with Gasteiger partial charge in [0, 0.05) is 0 Å². The molecule has 0 unspecified atom stereocenters. The van der Waals surface area contributed by atoms with Crippen molar-refractivity contribution < 1.29 is 4.43 Å². The topological polar surface area (TPSA) is 9.23 Å². The van der Waals surface area contributed by atoms with E-state index in [1.807, 2.05) is 0 Å². The first kappa shape index (κ1) is 8.50. The summed E-state index contributed by atoms with van der Waals surface area (Å²) < 4.78 is 5.30. The minimum Gasteiger partial charge on any atom is -0.544 e. The maximum atomic E-state index is 5.37. The maximum absolute atomic E-state index is 5.37. The second-order valence-electron chi connectivity index (χ2n) is 2.82. The SMILES string of the molecule is [CH]=C(C=C)O[Si](C)(C)C. The first-order chi connectivity index (χ1) is 3.95. The smallest absolute Gasteiger partial charge is 0.242 e. The average molecular weight is 141 g/mol. The Kier molecular flexibility index (Phi) is 2.71. The quantitative estimate of drug-likeness (QED) is 0.333. The predicted molar refractivity (Wildman–Crippen MR) is 42.4 cm³/mol. The normalized spacial score (nSPS) is 10.6. The van der Waals surface area contributed by atoms with E-state index in [1.165, 1.54) is 6.08 Å². The van der Waals surface area contributed by atoms with Gasteiger partial charge in [-0.25, -0.2) is 0 Å². The zero-order valence-electron chi connectivity index (χ0n) is 6.27. The van der Waals surface area contributed by atoms with Gasteiger partial charge in [-0.2, -0.15) is 0 Å². The van der Waals surface area contributed by atoms with Gasteiger partial charge in [-0.15, -0.1) is 0 Å². The van der Waals surface area contributed by atoms with E-state index in [4.69, 9.17) is 11.0 Å². The molecule has 0 amide bonds. The molecule has 0 aromatic heterocycles. The van der Waals surface area contributed by atoms with Crippen LogP contribution < -0.4 is 0 Å². The van der Waals surface area contributed by atoms with E-state index in [0.717, 1.165) is 0 Å². The van der Waals surface area contributed by atoms with Crippen molar-refractivity contribution in [2.75, 3.05) is 0 Å². The van der Waals surface area contributed by atoms with Crippen LogP contribution in [-0.2, 0) is 4.43 Å². The molecule has 0 aliphatic heterocycles. The summed E-state index contributed by atoms with van der Waals surface area (Å²) >= 11 is 0. The molecule has 0 aromatic rings. The second kappa shape index (κ2) is 2.87. The summed E-state index contributed by atoms with van der Waals surface area (Å²) in [4.78, 5) is 0. The molecule has 0 saturated heterocycles. The molecule has 1 nitrogen and oxygen atoms in total. The molecule has 0 atom stereocenters. The van der Waals surface area contributed by atoms with E-state index in [0.29, 0.717) is 5.76 Å². The first-order valence-corrected chi connectivity index (χ1v) is 6.30. The van der Waals surface area contributed by atoms with Gasteiger partial charge in [-0.3, -0.25) is 0 Å². The lowest BCUT2D eigenvalue weighted by atomic mass is 10.6. The van der Waals surface area contributed by atoms with Crippen LogP contribution in [0.2, 0.25) is 19.6 Å². The highest BCUT2D eigenvalue weighted by atomic mass is 28.4. The minimum absolute atomic E-state index is 0.439. The highest BCUT2D eigenvalue weighted by Crippen LogP contribution is 2.08. The summed E-state index contributed by atoms with van der Waals surface area (Å²) in [6.45, 7) is 15.1. The Bertz CT molecular complexity index is 121. The van der Waals surface area contributed by atoms with E-state index in [1.54, 1.807) is 0 Å². The molecule has 0 N–H and O–H groups in total. The molecule has 0 aromatic carbocycles. The van der Waals surface area contributed by atoms with Crippen molar-refractivity contribution in [1.82, 2.24) is 0 Å². The zero-order valence-corrected chi connectivity index (χ0v) is 7.27. The lowest BCUT2D eigenvalue weighted by Gasteiger charge is -2.18. The Balaban J connectivity index is 3.74. The lowest BCUT2D eigenvalue weighted by molar-refractivity contribution is 0.442. The minimum atomic E-state index is -1.47. The Morgan fingerprint density at radius 2 is 2.00 bits per heavy atom. The second-order valence-corrected chi connectivity index (χ2v) is 7.25. The van der Waals surface area contributed by atoms with Gasteiger partial charge in [-0.1, -0.05) is 6.58 Å². The summed E-state index contributed by atoms with van der Waals surface area (Å²) in [5.41, 5.74) is 0. The third kappa shape index (κ3) is 5.37. The zero-order chi connectivity index (χ0) is 7.49. The van der Waals surface area contributed by atoms with Crippen LogP contribution in [0.4, 0.5) is 0 Å². The van der Waals surface area contributed by atoms with E-state index in [2.05, 4.69) is 26.2 Å². The maximum Gasteiger partial charge on any atom is 0.242 e. The summed E-state index contributed by atoms with van der Waals surface area (Å²) in [6.07, 6.45) is 1.53. The van der Waals surface area contributed by atoms with Crippen LogP contribution >= 0.6 is 0 Å². The molecule has 0 fully saturated rings. The van der Waals surface area contributed by atoms with Gasteiger partial charge in [0.2, 0.25) is 8.32 Å². The summed E-state index contributed by atoms with van der Waals surface area (Å²) in [7, 11) is -1.47. The van der Waals surface area contributed by atoms with E-state index < -0.39 is 8.32 Å². The van der Waals surface area contributed by atoms with Crippen molar-refractivity contribution in [2.45, 2.75) is 19.6 Å². The third-order valence-corrected chi connectivity index (χ3v) is 1.47. The largest absolute Gasteiger partial charge is 0.544 e. The van der Waals surface area contributed by atoms with Crippen LogP contribution in [0.15, 0.2) is 18.4 Å². The first-order valence-electron chi connectivity index (χ1n) is 2.89. The molecule has 0 spiro atoms. The number of hydrogen-bond donors (Lipinski definition) is 0. The summed E-state index contributed by atoms with van der Waals surface area (Å²) in [6, 6.07) is 0. The van der Waals surface area contributed by atoms with Gasteiger partial charge < -0.3 is 4.43 Å². The van der Waals surface area contributed by atoms with Crippen molar-refractivity contribution in [3.63, 3.8) is 0 Å². The van der Waals surface area contributed by atoms with Crippen molar-refractivity contribution in [3.8, 4) is 0 Å². The Morgan fingerprint density at radius 1 is 1.56 bits per heavy atom. The number of rotatable bonds is 3. The fourth-order valence-corrected chi connectivity index (χ4v) is 1.19. The van der Waals surface area contributed by atoms with Gasteiger partial charge in [0.25, 0.3) is 0 Å². The van der Waals surface area contributed by atoms with Crippen molar-refractivity contribution in [1.29, 1.82) is 0 Å². The average Bonchev–Trinajstić information content (AvgIpc) is 1.62. The molecule has 9 heavy (non-hydrogen) atoms. The molecule has 0 bridgehead atoms. The molecular weight excluding hydrogens is 128 g/mol. The van der Waals surface area contributed by atoms with Gasteiger partial charge in [-0.05, 0) is 32.3 Å². The molecule has 0 rings (SSSR count). The van der Waals surface area contributed by atoms with Crippen molar-refractivity contribution >= 4 is 8.32 Å². The Morgan fingerprint density at radius 3 is 2.11 bits per heavy atom. The fourth-order valence-electron chi connectivity index (χ4n) is 0.395. The highest BCUT2D eigenvalue weighted by molar-refractivity contribution is 6.70. The van der Waals surface area contributed by atoms with Gasteiger partial charge >= 0.3 is 0 Å². The van der Waals surface area contributed by atoms with Crippen LogP contribution in [0.25, 0.3) is 0 Å². The van der Waals surface area contributed by atoms with Crippen LogP contribution in [0.3, 0.4) is 0 Å². The van der Waals surface area contributed by atoms with E-state index >= 15 is 0 Å². The molecule has 0 heterocycles. The summed E-state index contributed by atoms with van der Waals surface area (Å²) in [5.74, 6) is 0.439. The van der Waals surface area contributed by atoms with Crippen LogP contribution in [0, 0.1) is 6.58 Å². The van der Waals surface area contributed by atoms with Crippen molar-refractivity contribution in [2.24, 2.45) is 0 Å². The third-order valence-electron chi connectivity index (χ3n) is 0.625. The van der Waals surface area contributed by atoms with E-state index in [-0.39, 0.29) is 0 Å². The lowest BCUT2D eigenvalue weighted by Crippen LogP contribution is -2.23. The standard InChI is InChI=1S/C7H13OSi/c1-6-7(2)8-9(3,4)5/h2,6H,1H2,3-5H3. The van der Waals surface area contributed by atoms with Gasteiger partial charge in [0.15, 0.2) is 0 Å². The molecule has 2 heteroatoms. The molecule has 0 saturated carbocycles. The van der Waals surface area contributed by atoms with Crippen molar-refractivity contribution in [3.05, 3.63) is 25.0 Å².